The molecule has 2 saturated carbocycles. The van der Waals surface area contributed by atoms with E-state index in [1.165, 1.54) is 44.9 Å². The Morgan fingerprint density at radius 1 is 1.19 bits per heavy atom. The SMILES string of the molecule is Cc1ccc(N)cc1C(=O)N(CC1CC1)C1CCCCC1. The summed E-state index contributed by atoms with van der Waals surface area (Å²) in [6.45, 7) is 2.95. The Labute approximate surface area is 127 Å². The van der Waals surface area contributed by atoms with Crippen LogP contribution in [0.15, 0.2) is 18.2 Å². The lowest BCUT2D eigenvalue weighted by molar-refractivity contribution is 0.0621. The molecule has 3 heteroatoms. The van der Waals surface area contributed by atoms with Crippen molar-refractivity contribution in [1.29, 1.82) is 0 Å². The number of nitrogen functional groups attached to an aromatic ring is 1. The van der Waals surface area contributed by atoms with Gasteiger partial charge >= 0.3 is 0 Å². The second-order valence-corrected chi connectivity index (χ2v) is 6.77. The molecule has 2 fully saturated rings. The van der Waals surface area contributed by atoms with Gasteiger partial charge in [0.2, 0.25) is 0 Å². The summed E-state index contributed by atoms with van der Waals surface area (Å²) in [5.74, 6) is 0.927. The molecule has 2 N–H and O–H groups in total. The number of carbonyl (C=O) groups is 1. The second kappa shape index (κ2) is 6.08. The first-order chi connectivity index (χ1) is 10.1. The van der Waals surface area contributed by atoms with Gasteiger partial charge in [0.25, 0.3) is 5.91 Å². The standard InChI is InChI=1S/C18H26N2O/c1-13-7-10-15(19)11-17(13)18(21)20(12-14-8-9-14)16-5-3-2-4-6-16/h7,10-11,14,16H,2-6,8-9,12,19H2,1H3. The van der Waals surface area contributed by atoms with Gasteiger partial charge in [-0.2, -0.15) is 0 Å². The zero-order valence-electron chi connectivity index (χ0n) is 13.0. The third-order valence-corrected chi connectivity index (χ3v) is 4.92. The van der Waals surface area contributed by atoms with Gasteiger partial charge < -0.3 is 10.6 Å². The minimum Gasteiger partial charge on any atom is -0.399 e. The van der Waals surface area contributed by atoms with Crippen LogP contribution in [0.4, 0.5) is 5.69 Å². The largest absolute Gasteiger partial charge is 0.399 e. The van der Waals surface area contributed by atoms with Crippen molar-refractivity contribution in [2.75, 3.05) is 12.3 Å². The molecule has 0 atom stereocenters. The fraction of sp³-hybridized carbons (Fsp3) is 0.611. The maximum absolute atomic E-state index is 13.1. The Bertz CT molecular complexity index is 516. The van der Waals surface area contributed by atoms with Crippen LogP contribution in [0.5, 0.6) is 0 Å². The van der Waals surface area contributed by atoms with Crippen molar-refractivity contribution in [3.05, 3.63) is 29.3 Å². The second-order valence-electron chi connectivity index (χ2n) is 6.77. The monoisotopic (exact) mass is 286 g/mol. The molecule has 3 nitrogen and oxygen atoms in total. The number of nitrogens with zero attached hydrogens (tertiary/aromatic N) is 1. The molecule has 0 spiro atoms. The number of benzene rings is 1. The molecule has 1 amide bonds. The predicted octanol–water partition coefficient (Wildman–Crippen LogP) is 3.76. The van der Waals surface area contributed by atoms with Crippen LogP contribution in [-0.2, 0) is 0 Å². The summed E-state index contributed by atoms with van der Waals surface area (Å²) in [5.41, 5.74) is 8.39. The van der Waals surface area contributed by atoms with E-state index in [2.05, 4.69) is 4.90 Å². The van der Waals surface area contributed by atoms with E-state index in [0.29, 0.717) is 11.7 Å². The number of hydrogen-bond acceptors (Lipinski definition) is 2. The molecular formula is C18H26N2O. The van der Waals surface area contributed by atoms with Crippen molar-refractivity contribution in [2.24, 2.45) is 5.92 Å². The highest BCUT2D eigenvalue weighted by Crippen LogP contribution is 2.33. The van der Waals surface area contributed by atoms with Crippen molar-refractivity contribution >= 4 is 11.6 Å². The number of rotatable bonds is 4. The van der Waals surface area contributed by atoms with E-state index in [9.17, 15) is 4.79 Å². The van der Waals surface area contributed by atoms with Gasteiger partial charge in [-0.1, -0.05) is 25.3 Å². The average molecular weight is 286 g/mol. The Balaban J connectivity index is 1.83. The molecule has 3 rings (SSSR count). The molecule has 0 aromatic heterocycles. The first kappa shape index (κ1) is 14.4. The molecule has 1 aromatic carbocycles. The lowest BCUT2D eigenvalue weighted by Gasteiger charge is -2.35. The highest BCUT2D eigenvalue weighted by atomic mass is 16.2. The summed E-state index contributed by atoms with van der Waals surface area (Å²) < 4.78 is 0. The van der Waals surface area contributed by atoms with E-state index in [4.69, 9.17) is 5.73 Å². The smallest absolute Gasteiger partial charge is 0.254 e. The third kappa shape index (κ3) is 3.39. The first-order valence-corrected chi connectivity index (χ1v) is 8.32. The van der Waals surface area contributed by atoms with Crippen LogP contribution >= 0.6 is 0 Å². The van der Waals surface area contributed by atoms with Crippen molar-refractivity contribution in [2.45, 2.75) is 57.9 Å². The quantitative estimate of drug-likeness (QED) is 0.857. The molecule has 0 saturated heterocycles. The van der Waals surface area contributed by atoms with Gasteiger partial charge in [-0.05, 0) is 56.2 Å². The lowest BCUT2D eigenvalue weighted by Crippen LogP contribution is -2.43. The molecule has 2 aliphatic rings. The van der Waals surface area contributed by atoms with Gasteiger partial charge in [0.05, 0.1) is 0 Å². The summed E-state index contributed by atoms with van der Waals surface area (Å²) >= 11 is 0. The zero-order chi connectivity index (χ0) is 14.8. The van der Waals surface area contributed by atoms with Crippen LogP contribution in [0.25, 0.3) is 0 Å². The van der Waals surface area contributed by atoms with Crippen LogP contribution in [0.3, 0.4) is 0 Å². The molecule has 0 radical (unpaired) electrons. The van der Waals surface area contributed by atoms with Gasteiger partial charge in [-0.3, -0.25) is 4.79 Å². The summed E-state index contributed by atoms with van der Waals surface area (Å²) in [6, 6.07) is 6.12. The number of anilines is 1. The van der Waals surface area contributed by atoms with Gasteiger partial charge in [0.15, 0.2) is 0 Å². The molecular weight excluding hydrogens is 260 g/mol. The van der Waals surface area contributed by atoms with E-state index in [0.717, 1.165) is 23.6 Å². The molecule has 114 valence electrons. The maximum atomic E-state index is 13.1. The lowest BCUT2D eigenvalue weighted by atomic mass is 9.93. The minimum atomic E-state index is 0.193. The van der Waals surface area contributed by atoms with E-state index in [-0.39, 0.29) is 5.91 Å². The normalized spacial score (nSPS) is 19.5. The van der Waals surface area contributed by atoms with Crippen LogP contribution in [0.2, 0.25) is 0 Å². The van der Waals surface area contributed by atoms with Gasteiger partial charge in [-0.15, -0.1) is 0 Å². The fourth-order valence-corrected chi connectivity index (χ4v) is 3.39. The van der Waals surface area contributed by atoms with Gasteiger partial charge in [-0.25, -0.2) is 0 Å². The Morgan fingerprint density at radius 2 is 1.90 bits per heavy atom. The number of carbonyl (C=O) groups excluding carboxylic acids is 1. The van der Waals surface area contributed by atoms with E-state index < -0.39 is 0 Å². The molecule has 0 bridgehead atoms. The zero-order valence-corrected chi connectivity index (χ0v) is 13.0. The van der Waals surface area contributed by atoms with Crippen molar-refractivity contribution in [3.8, 4) is 0 Å². The molecule has 0 aliphatic heterocycles. The maximum Gasteiger partial charge on any atom is 0.254 e. The van der Waals surface area contributed by atoms with Gasteiger partial charge in [0, 0.05) is 23.8 Å². The van der Waals surface area contributed by atoms with Crippen LogP contribution in [0, 0.1) is 12.8 Å². The third-order valence-electron chi connectivity index (χ3n) is 4.92. The van der Waals surface area contributed by atoms with E-state index >= 15 is 0 Å². The summed E-state index contributed by atoms with van der Waals surface area (Å²) in [4.78, 5) is 15.2. The Morgan fingerprint density at radius 3 is 2.57 bits per heavy atom. The highest BCUT2D eigenvalue weighted by molar-refractivity contribution is 5.96. The van der Waals surface area contributed by atoms with Crippen LogP contribution in [-0.4, -0.2) is 23.4 Å². The predicted molar refractivity (Wildman–Crippen MR) is 86.2 cm³/mol. The van der Waals surface area contributed by atoms with Crippen LogP contribution < -0.4 is 5.73 Å². The van der Waals surface area contributed by atoms with Crippen LogP contribution in [0.1, 0.15) is 60.9 Å². The van der Waals surface area contributed by atoms with Crippen molar-refractivity contribution < 1.29 is 4.79 Å². The summed E-state index contributed by atoms with van der Waals surface area (Å²) in [5, 5.41) is 0. The molecule has 21 heavy (non-hydrogen) atoms. The summed E-state index contributed by atoms with van der Waals surface area (Å²) in [7, 11) is 0. The average Bonchev–Trinajstić information content (AvgIpc) is 3.32. The summed E-state index contributed by atoms with van der Waals surface area (Å²) in [6.07, 6.45) is 8.74. The number of hydrogen-bond donors (Lipinski definition) is 1. The van der Waals surface area contributed by atoms with E-state index in [1.807, 2.05) is 25.1 Å². The molecule has 0 heterocycles. The number of nitrogens with two attached hydrogens (primary N) is 1. The Kier molecular flexibility index (Phi) is 4.18. The Hall–Kier alpha value is -1.51. The number of aryl methyl sites for hydroxylation is 1. The van der Waals surface area contributed by atoms with Crippen molar-refractivity contribution in [1.82, 2.24) is 4.90 Å². The molecule has 2 aliphatic carbocycles. The minimum absolute atomic E-state index is 0.193. The highest BCUT2D eigenvalue weighted by Gasteiger charge is 2.32. The molecule has 1 aromatic rings. The van der Waals surface area contributed by atoms with Gasteiger partial charge in [0.1, 0.15) is 0 Å². The van der Waals surface area contributed by atoms with Crippen molar-refractivity contribution in [3.63, 3.8) is 0 Å². The topological polar surface area (TPSA) is 46.3 Å². The number of amides is 1. The first-order valence-electron chi connectivity index (χ1n) is 8.32. The van der Waals surface area contributed by atoms with E-state index in [1.54, 1.807) is 0 Å². The fourth-order valence-electron chi connectivity index (χ4n) is 3.39. The molecule has 0 unspecified atom stereocenters.